The molecule has 34 heavy (non-hydrogen) atoms. The molecule has 0 atom stereocenters. The molecule has 0 aliphatic carbocycles. The fraction of sp³-hybridized carbons (Fsp3) is 0.462. The van der Waals surface area contributed by atoms with Gasteiger partial charge < -0.3 is 9.47 Å². The van der Waals surface area contributed by atoms with Crippen molar-refractivity contribution in [2.45, 2.75) is 32.6 Å². The number of fused-ring (bicyclic) bond motifs is 1. The number of hydrogen-bond donors (Lipinski definition) is 0. The van der Waals surface area contributed by atoms with Crippen LogP contribution in [0.25, 0.3) is 10.2 Å². The summed E-state index contributed by atoms with van der Waals surface area (Å²) in [6, 6.07) is 13.2. The summed E-state index contributed by atoms with van der Waals surface area (Å²) in [4.78, 5) is 22.6. The number of amides is 1. The number of ether oxygens (including phenoxy) is 2. The molecule has 1 aliphatic heterocycles. The molecule has 6 nitrogen and oxygen atoms in total. The lowest BCUT2D eigenvalue weighted by atomic mass is 10.2. The van der Waals surface area contributed by atoms with E-state index in [2.05, 4.69) is 11.8 Å². The predicted octanol–water partition coefficient (Wildman–Crippen LogP) is 5.89. The summed E-state index contributed by atoms with van der Waals surface area (Å²) in [6.07, 6.45) is 4.14. The molecule has 1 amide bonds. The maximum absolute atomic E-state index is 13.7. The highest BCUT2D eigenvalue weighted by Gasteiger charge is 2.23. The SMILES string of the molecule is CCCCCOc1cccc(C(=O)N(CCCN2CCOCC2)c2nc3c(Cl)cccc3s2)c1. The number of para-hydroxylation sites is 1. The number of benzene rings is 2. The van der Waals surface area contributed by atoms with Gasteiger partial charge in [-0.2, -0.15) is 0 Å². The molecule has 3 aromatic rings. The number of thiazole rings is 1. The molecule has 0 bridgehead atoms. The van der Waals surface area contributed by atoms with E-state index in [0.29, 0.717) is 28.9 Å². The third kappa shape index (κ3) is 6.48. The summed E-state index contributed by atoms with van der Waals surface area (Å²) in [5, 5.41) is 1.27. The van der Waals surface area contributed by atoms with Gasteiger partial charge in [0.15, 0.2) is 5.13 Å². The van der Waals surface area contributed by atoms with Crippen molar-refractivity contribution in [3.05, 3.63) is 53.1 Å². The van der Waals surface area contributed by atoms with Crippen molar-refractivity contribution >= 4 is 44.2 Å². The fourth-order valence-corrected chi connectivity index (χ4v) is 5.29. The average molecular weight is 502 g/mol. The largest absolute Gasteiger partial charge is 0.494 e. The number of carbonyl (C=O) groups excluding carboxylic acids is 1. The number of anilines is 1. The van der Waals surface area contributed by atoms with Crippen LogP contribution in [0.5, 0.6) is 5.75 Å². The Balaban J connectivity index is 1.52. The second-order valence-corrected chi connectivity index (χ2v) is 9.85. The number of hydrogen-bond acceptors (Lipinski definition) is 6. The van der Waals surface area contributed by atoms with Gasteiger partial charge in [0.1, 0.15) is 11.3 Å². The molecule has 2 heterocycles. The number of rotatable bonds is 11. The first kappa shape index (κ1) is 24.9. The molecule has 0 spiro atoms. The lowest BCUT2D eigenvalue weighted by Gasteiger charge is -2.27. The zero-order chi connectivity index (χ0) is 23.8. The van der Waals surface area contributed by atoms with Gasteiger partial charge in [-0.3, -0.25) is 14.6 Å². The lowest BCUT2D eigenvalue weighted by molar-refractivity contribution is 0.0376. The number of morpholine rings is 1. The van der Waals surface area contributed by atoms with Gasteiger partial charge in [-0.15, -0.1) is 0 Å². The van der Waals surface area contributed by atoms with Crippen LogP contribution in [0.4, 0.5) is 5.13 Å². The van der Waals surface area contributed by atoms with Crippen molar-refractivity contribution in [2.75, 3.05) is 50.9 Å². The van der Waals surface area contributed by atoms with Crippen molar-refractivity contribution < 1.29 is 14.3 Å². The summed E-state index contributed by atoms with van der Waals surface area (Å²) >= 11 is 7.87. The molecule has 1 fully saturated rings. The Morgan fingerprint density at radius 1 is 1.18 bits per heavy atom. The van der Waals surface area contributed by atoms with E-state index in [1.54, 1.807) is 4.90 Å². The Bertz CT molecular complexity index is 1080. The zero-order valence-electron chi connectivity index (χ0n) is 19.7. The van der Waals surface area contributed by atoms with Crippen LogP contribution in [0.3, 0.4) is 0 Å². The van der Waals surface area contributed by atoms with E-state index in [0.717, 1.165) is 74.5 Å². The van der Waals surface area contributed by atoms with Gasteiger partial charge in [-0.05, 0) is 43.2 Å². The molecule has 0 N–H and O–H groups in total. The number of halogens is 1. The van der Waals surface area contributed by atoms with Crippen LogP contribution in [0, 0.1) is 0 Å². The summed E-state index contributed by atoms with van der Waals surface area (Å²) in [5.41, 5.74) is 1.34. The molecule has 182 valence electrons. The normalized spacial score (nSPS) is 14.4. The van der Waals surface area contributed by atoms with Gasteiger partial charge in [0.05, 0.1) is 29.5 Å². The third-order valence-corrected chi connectivity index (χ3v) is 7.24. The summed E-state index contributed by atoms with van der Waals surface area (Å²) in [5.74, 6) is 0.652. The Kier molecular flexibility index (Phi) is 9.16. The minimum atomic E-state index is -0.0730. The van der Waals surface area contributed by atoms with Crippen molar-refractivity contribution in [1.82, 2.24) is 9.88 Å². The first-order valence-electron chi connectivity index (χ1n) is 12.1. The molecule has 1 saturated heterocycles. The maximum atomic E-state index is 13.7. The van der Waals surface area contributed by atoms with Crippen LogP contribution in [0.1, 0.15) is 43.0 Å². The molecule has 0 saturated carbocycles. The third-order valence-electron chi connectivity index (χ3n) is 5.89. The Morgan fingerprint density at radius 2 is 2.00 bits per heavy atom. The number of carbonyl (C=O) groups is 1. The average Bonchev–Trinajstić information content (AvgIpc) is 3.30. The van der Waals surface area contributed by atoms with Crippen LogP contribution in [-0.2, 0) is 4.74 Å². The van der Waals surface area contributed by atoms with Crippen molar-refractivity contribution in [3.63, 3.8) is 0 Å². The number of aromatic nitrogens is 1. The molecular weight excluding hydrogens is 470 g/mol. The predicted molar refractivity (Wildman–Crippen MR) is 140 cm³/mol. The Hall–Kier alpha value is -2.19. The van der Waals surface area contributed by atoms with E-state index in [1.165, 1.54) is 11.3 Å². The molecule has 0 unspecified atom stereocenters. The van der Waals surface area contributed by atoms with Crippen LogP contribution in [-0.4, -0.2) is 61.8 Å². The summed E-state index contributed by atoms with van der Waals surface area (Å²) in [6.45, 7) is 7.72. The second kappa shape index (κ2) is 12.5. The zero-order valence-corrected chi connectivity index (χ0v) is 21.2. The highest BCUT2D eigenvalue weighted by atomic mass is 35.5. The Morgan fingerprint density at radius 3 is 2.79 bits per heavy atom. The molecule has 0 radical (unpaired) electrons. The summed E-state index contributed by atoms with van der Waals surface area (Å²) < 4.78 is 12.3. The molecule has 2 aromatic carbocycles. The van der Waals surface area contributed by atoms with Gasteiger partial charge in [0.2, 0.25) is 0 Å². The smallest absolute Gasteiger partial charge is 0.260 e. The topological polar surface area (TPSA) is 54.9 Å². The van der Waals surface area contributed by atoms with Gasteiger partial charge in [-0.25, -0.2) is 4.98 Å². The fourth-order valence-electron chi connectivity index (χ4n) is 4.00. The molecule has 4 rings (SSSR count). The maximum Gasteiger partial charge on any atom is 0.260 e. The van der Waals surface area contributed by atoms with E-state index >= 15 is 0 Å². The molecule has 1 aliphatic rings. The molecule has 1 aromatic heterocycles. The highest BCUT2D eigenvalue weighted by molar-refractivity contribution is 7.22. The second-order valence-electron chi connectivity index (χ2n) is 8.43. The first-order valence-corrected chi connectivity index (χ1v) is 13.2. The van der Waals surface area contributed by atoms with E-state index in [-0.39, 0.29) is 5.91 Å². The van der Waals surface area contributed by atoms with Crippen LogP contribution in [0.15, 0.2) is 42.5 Å². The number of unbranched alkanes of at least 4 members (excludes halogenated alkanes) is 2. The molecule has 8 heteroatoms. The van der Waals surface area contributed by atoms with Crippen LogP contribution < -0.4 is 9.64 Å². The highest BCUT2D eigenvalue weighted by Crippen LogP contribution is 2.33. The van der Waals surface area contributed by atoms with E-state index < -0.39 is 0 Å². The minimum absolute atomic E-state index is 0.0730. The van der Waals surface area contributed by atoms with E-state index in [1.807, 2.05) is 42.5 Å². The standard InChI is InChI=1S/C26H32ClN3O3S/c1-2-3-4-16-33-21-9-5-8-20(19-21)25(31)30(13-7-12-29-14-17-32-18-15-29)26-28-24-22(27)10-6-11-23(24)34-26/h5-6,8-11,19H,2-4,7,12-18H2,1H3. The van der Waals surface area contributed by atoms with E-state index in [4.69, 9.17) is 26.1 Å². The monoisotopic (exact) mass is 501 g/mol. The minimum Gasteiger partial charge on any atom is -0.494 e. The van der Waals surface area contributed by atoms with Gasteiger partial charge in [-0.1, -0.05) is 54.8 Å². The van der Waals surface area contributed by atoms with Crippen molar-refractivity contribution in [3.8, 4) is 5.75 Å². The Labute approximate surface area is 210 Å². The van der Waals surface area contributed by atoms with Gasteiger partial charge >= 0.3 is 0 Å². The van der Waals surface area contributed by atoms with E-state index in [9.17, 15) is 4.79 Å². The van der Waals surface area contributed by atoms with Crippen LogP contribution in [0.2, 0.25) is 5.02 Å². The van der Waals surface area contributed by atoms with Gasteiger partial charge in [0, 0.05) is 31.7 Å². The van der Waals surface area contributed by atoms with Crippen molar-refractivity contribution in [2.24, 2.45) is 0 Å². The quantitative estimate of drug-likeness (QED) is 0.307. The lowest BCUT2D eigenvalue weighted by Crippen LogP contribution is -2.39. The number of nitrogens with zero attached hydrogens (tertiary/aromatic N) is 3. The summed E-state index contributed by atoms with van der Waals surface area (Å²) in [7, 11) is 0. The molecular formula is C26H32ClN3O3S. The first-order chi connectivity index (χ1) is 16.7. The van der Waals surface area contributed by atoms with Crippen molar-refractivity contribution in [1.29, 1.82) is 0 Å². The van der Waals surface area contributed by atoms with Crippen LogP contribution >= 0.6 is 22.9 Å². The van der Waals surface area contributed by atoms with Gasteiger partial charge in [0.25, 0.3) is 5.91 Å².